The van der Waals surface area contributed by atoms with E-state index < -0.39 is 10.1 Å². The van der Waals surface area contributed by atoms with Crippen LogP contribution in [0.3, 0.4) is 0 Å². The first-order valence-electron chi connectivity index (χ1n) is 3.51. The third-order valence-corrected chi connectivity index (χ3v) is 2.06. The van der Waals surface area contributed by atoms with Crippen LogP contribution in [0.1, 0.15) is 32.6 Å². The fourth-order valence-corrected chi connectivity index (χ4v) is 1.28. The summed E-state index contributed by atoms with van der Waals surface area (Å²) in [6, 6.07) is 0. The van der Waals surface area contributed by atoms with Crippen LogP contribution in [0.4, 0.5) is 0 Å². The molecule has 0 aromatic rings. The summed E-state index contributed by atoms with van der Waals surface area (Å²) in [5.41, 5.74) is 0. The van der Waals surface area contributed by atoms with Crippen molar-refractivity contribution in [1.82, 2.24) is 0 Å². The first-order valence-corrected chi connectivity index (χ1v) is 5.12. The smallest absolute Gasteiger partial charge is 0.264 e. The molecule has 0 saturated heterocycles. The molecule has 0 unspecified atom stereocenters. The fourth-order valence-electron chi connectivity index (χ4n) is 0.711. The average molecular weight is 279 g/mol. The summed E-state index contributed by atoms with van der Waals surface area (Å²) in [5.74, 6) is -0.0903. The van der Waals surface area contributed by atoms with Crippen LogP contribution in [-0.4, -0.2) is 18.7 Å². The zero-order valence-corrected chi connectivity index (χ0v) is 11.8. The molecule has 1 N–H and O–H groups in total. The monoisotopic (exact) mass is 280 g/mol. The van der Waals surface area contributed by atoms with Crippen LogP contribution < -0.4 is 0 Å². The maximum absolute atomic E-state index is 10.1. The molecule has 0 fully saturated rings. The summed E-state index contributed by atoms with van der Waals surface area (Å²) in [5, 5.41) is 0. The Morgan fingerprint density at radius 2 is 1.73 bits per heavy atom. The predicted octanol–water partition coefficient (Wildman–Crippen LogP) is 1.45. The summed E-state index contributed by atoms with van der Waals surface area (Å²) in [6.45, 7) is 2.05. The molecule has 0 aromatic carbocycles. The number of hydrogen-bond donors (Lipinski definition) is 1. The van der Waals surface area contributed by atoms with E-state index in [1.165, 1.54) is 0 Å². The van der Waals surface area contributed by atoms with Gasteiger partial charge in [0.2, 0.25) is 0 Å². The van der Waals surface area contributed by atoms with Gasteiger partial charge in [0, 0.05) is 27.3 Å². The van der Waals surface area contributed by atoms with Crippen LogP contribution in [0.5, 0.6) is 0 Å². The first kappa shape index (κ1) is 14.4. The van der Waals surface area contributed by atoms with Crippen molar-refractivity contribution < 1.29 is 40.3 Å². The number of rotatable bonds is 5. The molecule has 0 bridgehead atoms. The van der Waals surface area contributed by atoms with E-state index in [1.807, 2.05) is 6.92 Å². The van der Waals surface area contributed by atoms with Crippen molar-refractivity contribution in [2.45, 2.75) is 32.6 Å². The van der Waals surface area contributed by atoms with E-state index in [9.17, 15) is 8.42 Å². The van der Waals surface area contributed by atoms with Crippen LogP contribution in [0.25, 0.3) is 0 Å². The van der Waals surface area contributed by atoms with Gasteiger partial charge in [-0.05, 0) is 6.42 Å². The molecule has 0 amide bonds. The van der Waals surface area contributed by atoms with Crippen LogP contribution in [-0.2, 0) is 37.4 Å². The quantitative estimate of drug-likeness (QED) is 0.470. The zero-order valence-electron chi connectivity index (χ0n) is 6.91. The van der Waals surface area contributed by atoms with E-state index in [2.05, 4.69) is 0 Å². The molecule has 0 saturated carbocycles. The molecule has 0 aliphatic carbocycles. The standard InChI is InChI=1S/C6H14O3S.Cd/c1-2-3-4-5-6-10(7,8)9;/h2-6H2,1H3,(H,7,8,9);. The molecule has 0 aliphatic heterocycles. The van der Waals surface area contributed by atoms with E-state index in [-0.39, 0.29) is 33.1 Å². The Bertz CT molecular complexity index is 165. The second-order valence-corrected chi connectivity index (χ2v) is 3.92. The second kappa shape index (κ2) is 7.48. The summed E-state index contributed by atoms with van der Waals surface area (Å²) < 4.78 is 28.6. The van der Waals surface area contributed by atoms with Gasteiger partial charge in [-0.1, -0.05) is 26.2 Å². The maximum Gasteiger partial charge on any atom is 0.264 e. The van der Waals surface area contributed by atoms with Crippen molar-refractivity contribution >= 4 is 10.1 Å². The fraction of sp³-hybridized carbons (Fsp3) is 1.00. The van der Waals surface area contributed by atoms with E-state index in [0.717, 1.165) is 19.3 Å². The minimum atomic E-state index is -3.70. The second-order valence-electron chi connectivity index (χ2n) is 2.35. The molecule has 64 valence electrons. The summed E-state index contributed by atoms with van der Waals surface area (Å²) in [7, 11) is -3.70. The van der Waals surface area contributed by atoms with Gasteiger partial charge >= 0.3 is 0 Å². The van der Waals surface area contributed by atoms with Gasteiger partial charge < -0.3 is 0 Å². The Balaban J connectivity index is 0. The minimum Gasteiger partial charge on any atom is -0.286 e. The molecule has 0 atom stereocenters. The van der Waals surface area contributed by atoms with Crippen LogP contribution in [0, 0.1) is 0 Å². The van der Waals surface area contributed by atoms with E-state index in [4.69, 9.17) is 4.55 Å². The molecular formula is C6H14CdO3S. The summed E-state index contributed by atoms with van der Waals surface area (Å²) in [6.07, 6.45) is 3.57. The first-order chi connectivity index (χ1) is 4.56. The van der Waals surface area contributed by atoms with Crippen molar-refractivity contribution in [2.24, 2.45) is 0 Å². The van der Waals surface area contributed by atoms with Gasteiger partial charge in [0.05, 0.1) is 5.75 Å². The molecule has 0 aliphatic rings. The normalized spacial score (nSPS) is 10.7. The van der Waals surface area contributed by atoms with Crippen molar-refractivity contribution in [1.29, 1.82) is 0 Å². The molecule has 0 radical (unpaired) electrons. The van der Waals surface area contributed by atoms with E-state index in [1.54, 1.807) is 0 Å². The minimum absolute atomic E-state index is 0. The molecule has 5 heteroatoms. The van der Waals surface area contributed by atoms with Crippen LogP contribution in [0.2, 0.25) is 0 Å². The topological polar surface area (TPSA) is 54.4 Å². The summed E-state index contributed by atoms with van der Waals surface area (Å²) in [4.78, 5) is 0. The number of unbranched alkanes of at least 4 members (excludes halogenated alkanes) is 3. The Morgan fingerprint density at radius 3 is 2.09 bits per heavy atom. The van der Waals surface area contributed by atoms with Crippen molar-refractivity contribution in [2.75, 3.05) is 5.75 Å². The van der Waals surface area contributed by atoms with Crippen molar-refractivity contribution in [3.63, 3.8) is 0 Å². The molecule has 0 heterocycles. The molecule has 0 rings (SSSR count). The van der Waals surface area contributed by atoms with Crippen molar-refractivity contribution in [3.05, 3.63) is 0 Å². The molecule has 0 aromatic heterocycles. The Morgan fingerprint density at radius 1 is 1.18 bits per heavy atom. The van der Waals surface area contributed by atoms with Crippen LogP contribution in [0.15, 0.2) is 0 Å². The Kier molecular flexibility index (Phi) is 9.77. The number of hydrogen-bond acceptors (Lipinski definition) is 2. The van der Waals surface area contributed by atoms with Gasteiger partial charge in [-0.25, -0.2) is 0 Å². The van der Waals surface area contributed by atoms with Gasteiger partial charge in [-0.15, -0.1) is 0 Å². The van der Waals surface area contributed by atoms with Gasteiger partial charge in [-0.2, -0.15) is 8.42 Å². The van der Waals surface area contributed by atoms with Gasteiger partial charge in [-0.3, -0.25) is 4.55 Å². The SMILES string of the molecule is CCCCCCS(=O)(=O)O.[Cd]. The van der Waals surface area contributed by atoms with Crippen molar-refractivity contribution in [3.8, 4) is 0 Å². The third kappa shape index (κ3) is 13.8. The maximum atomic E-state index is 10.1. The van der Waals surface area contributed by atoms with Gasteiger partial charge in [0.25, 0.3) is 10.1 Å². The van der Waals surface area contributed by atoms with Gasteiger partial charge in [0.1, 0.15) is 0 Å². The molecule has 0 spiro atoms. The van der Waals surface area contributed by atoms with Crippen LogP contribution >= 0.6 is 0 Å². The summed E-state index contributed by atoms with van der Waals surface area (Å²) >= 11 is 0. The van der Waals surface area contributed by atoms with Gasteiger partial charge in [0.15, 0.2) is 0 Å². The largest absolute Gasteiger partial charge is 0.286 e. The molecule has 3 nitrogen and oxygen atoms in total. The predicted molar refractivity (Wildman–Crippen MR) is 40.6 cm³/mol. The van der Waals surface area contributed by atoms with E-state index >= 15 is 0 Å². The Hall–Kier alpha value is 0.832. The molecular weight excluding hydrogens is 265 g/mol. The Labute approximate surface area is 88.5 Å². The van der Waals surface area contributed by atoms with E-state index in [0.29, 0.717) is 6.42 Å². The molecule has 11 heavy (non-hydrogen) atoms. The third-order valence-electron chi connectivity index (χ3n) is 1.26. The zero-order chi connectivity index (χ0) is 8.04. The average Bonchev–Trinajstić information content (AvgIpc) is 1.78.